The number of carbonyl (C=O) groups is 2. The van der Waals surface area contributed by atoms with E-state index >= 15 is 8.78 Å². The molecule has 44 heavy (non-hydrogen) atoms. The van der Waals surface area contributed by atoms with Crippen LogP contribution in [0.15, 0.2) is 54.6 Å². The number of alkyl halides is 2. The number of benzene rings is 2. The molecule has 240 valence electrons. The van der Waals surface area contributed by atoms with Gasteiger partial charge in [-0.3, -0.25) is 9.59 Å². The minimum atomic E-state index is -3.59. The van der Waals surface area contributed by atoms with Crippen molar-refractivity contribution in [2.75, 3.05) is 52.3 Å². The molecule has 2 aromatic rings. The SMILES string of the molecule is C=C(C)C(F)(F)C(OC)(C(=O)N1CCC(CC2CCN(c3ccc(C(=O)N(C)C)c(Cl)c3)CC2)CC1)c1cccc(CC)c1. The third-order valence-electron chi connectivity index (χ3n) is 9.46. The Morgan fingerprint density at radius 1 is 1.02 bits per heavy atom. The van der Waals surface area contributed by atoms with Gasteiger partial charge in [0.1, 0.15) is 0 Å². The van der Waals surface area contributed by atoms with Crippen LogP contribution in [-0.2, 0) is 21.6 Å². The number of carbonyl (C=O) groups excluding carboxylic acids is 2. The molecular formula is C35H46ClF2N3O3. The van der Waals surface area contributed by atoms with E-state index in [-0.39, 0.29) is 11.5 Å². The van der Waals surface area contributed by atoms with Gasteiger partial charge in [0.2, 0.25) is 5.60 Å². The molecule has 0 spiro atoms. The van der Waals surface area contributed by atoms with Gasteiger partial charge in [-0.05, 0) is 86.6 Å². The fraction of sp³-hybridized carbons (Fsp3) is 0.543. The van der Waals surface area contributed by atoms with Crippen LogP contribution in [0.1, 0.15) is 67.4 Å². The zero-order valence-corrected chi connectivity index (χ0v) is 27.4. The predicted molar refractivity (Wildman–Crippen MR) is 173 cm³/mol. The minimum absolute atomic E-state index is 0.115. The maximum absolute atomic E-state index is 15.9. The number of ether oxygens (including phenoxy) is 1. The summed E-state index contributed by atoms with van der Waals surface area (Å²) in [5.74, 6) is -3.42. The molecule has 6 nitrogen and oxygen atoms in total. The number of methoxy groups -OCH3 is 1. The van der Waals surface area contributed by atoms with Crippen molar-refractivity contribution in [3.05, 3.63) is 76.3 Å². The van der Waals surface area contributed by atoms with Crippen LogP contribution in [0.3, 0.4) is 0 Å². The van der Waals surface area contributed by atoms with Crippen molar-refractivity contribution in [2.45, 2.75) is 63.9 Å². The maximum atomic E-state index is 15.9. The van der Waals surface area contributed by atoms with E-state index in [1.165, 1.54) is 18.9 Å². The number of hydrogen-bond acceptors (Lipinski definition) is 4. The maximum Gasteiger partial charge on any atom is 0.310 e. The lowest BCUT2D eigenvalue weighted by molar-refractivity contribution is -0.203. The number of aryl methyl sites for hydroxylation is 1. The number of hydrogen-bond donors (Lipinski definition) is 0. The van der Waals surface area contributed by atoms with Gasteiger partial charge in [0.05, 0.1) is 10.6 Å². The van der Waals surface area contributed by atoms with Crippen LogP contribution in [0.4, 0.5) is 14.5 Å². The number of halogens is 3. The molecule has 2 fully saturated rings. The fourth-order valence-electron chi connectivity index (χ4n) is 6.69. The van der Waals surface area contributed by atoms with Crippen molar-refractivity contribution in [2.24, 2.45) is 11.8 Å². The molecule has 2 aromatic carbocycles. The Morgan fingerprint density at radius 2 is 1.64 bits per heavy atom. The molecule has 0 saturated carbocycles. The molecule has 2 amide bonds. The summed E-state index contributed by atoms with van der Waals surface area (Å²) in [7, 11) is 4.61. The van der Waals surface area contributed by atoms with Crippen LogP contribution in [-0.4, -0.2) is 74.9 Å². The lowest BCUT2D eigenvalue weighted by Gasteiger charge is -2.44. The lowest BCUT2D eigenvalue weighted by atomic mass is 9.79. The first-order chi connectivity index (χ1) is 20.8. The normalized spacial score (nSPS) is 18.2. The van der Waals surface area contributed by atoms with Gasteiger partial charge in [0.25, 0.3) is 11.8 Å². The van der Waals surface area contributed by atoms with Crippen molar-refractivity contribution < 1.29 is 23.1 Å². The Labute approximate surface area is 266 Å². The molecule has 0 aromatic heterocycles. The second kappa shape index (κ2) is 14.0. The number of nitrogens with zero attached hydrogens (tertiary/aromatic N) is 3. The van der Waals surface area contributed by atoms with Crippen LogP contribution in [0.5, 0.6) is 0 Å². The predicted octanol–water partition coefficient (Wildman–Crippen LogP) is 7.20. The second-order valence-corrected chi connectivity index (χ2v) is 13.0. The van der Waals surface area contributed by atoms with Crippen LogP contribution < -0.4 is 4.90 Å². The fourth-order valence-corrected chi connectivity index (χ4v) is 6.95. The van der Waals surface area contributed by atoms with Gasteiger partial charge in [-0.2, -0.15) is 8.78 Å². The Kier molecular flexibility index (Phi) is 10.8. The van der Waals surface area contributed by atoms with E-state index in [4.69, 9.17) is 16.3 Å². The van der Waals surface area contributed by atoms with Gasteiger partial charge in [-0.25, -0.2) is 0 Å². The summed E-state index contributed by atoms with van der Waals surface area (Å²) in [6, 6.07) is 12.4. The largest absolute Gasteiger partial charge is 0.371 e. The molecular weight excluding hydrogens is 584 g/mol. The van der Waals surface area contributed by atoms with Crippen LogP contribution >= 0.6 is 11.6 Å². The van der Waals surface area contributed by atoms with Crippen LogP contribution in [0.2, 0.25) is 5.02 Å². The number of piperidine rings is 2. The third kappa shape index (κ3) is 6.66. The van der Waals surface area contributed by atoms with Gasteiger partial charge in [-0.15, -0.1) is 0 Å². The molecule has 2 aliphatic heterocycles. The summed E-state index contributed by atoms with van der Waals surface area (Å²) < 4.78 is 37.4. The first kappa shape index (κ1) is 33.9. The molecule has 4 rings (SSSR count). The second-order valence-electron chi connectivity index (χ2n) is 12.6. The van der Waals surface area contributed by atoms with Crippen LogP contribution in [0.25, 0.3) is 0 Å². The molecule has 2 aliphatic rings. The van der Waals surface area contributed by atoms with Gasteiger partial charge in [0.15, 0.2) is 0 Å². The first-order valence-corrected chi connectivity index (χ1v) is 16.0. The summed E-state index contributed by atoms with van der Waals surface area (Å²) in [5.41, 5.74) is -0.333. The minimum Gasteiger partial charge on any atom is -0.371 e. The van der Waals surface area contributed by atoms with E-state index in [0.29, 0.717) is 41.9 Å². The molecule has 2 heterocycles. The average molecular weight is 630 g/mol. The molecule has 1 atom stereocenters. The first-order valence-electron chi connectivity index (χ1n) is 15.6. The summed E-state index contributed by atoms with van der Waals surface area (Å²) in [6.45, 7) is 9.38. The van der Waals surface area contributed by atoms with Crippen molar-refractivity contribution in [1.29, 1.82) is 0 Å². The third-order valence-corrected chi connectivity index (χ3v) is 9.78. The summed E-state index contributed by atoms with van der Waals surface area (Å²) in [4.78, 5) is 31.8. The quantitative estimate of drug-likeness (QED) is 0.261. The summed E-state index contributed by atoms with van der Waals surface area (Å²) in [6.07, 6.45) is 5.35. The zero-order chi connectivity index (χ0) is 32.2. The van der Waals surface area contributed by atoms with E-state index in [9.17, 15) is 9.59 Å². The molecule has 0 aliphatic carbocycles. The van der Waals surface area contributed by atoms with Gasteiger partial charge in [-0.1, -0.05) is 49.4 Å². The standard InChI is InChI=1S/C35H46ClF2N3O3/c1-7-25-9-8-10-28(22-25)34(44-6,35(37,38)24(2)3)33(43)41-19-15-27(16-20-41)21-26-13-17-40(18-14-26)29-11-12-30(31(36)23-29)32(42)39(4)5/h8-12,22-23,26-27H,2,7,13-21H2,1,3-6H3. The van der Waals surface area contributed by atoms with E-state index in [2.05, 4.69) is 11.5 Å². The lowest BCUT2D eigenvalue weighted by Crippen LogP contribution is -2.60. The van der Waals surface area contributed by atoms with Crippen molar-refractivity contribution >= 4 is 29.1 Å². The van der Waals surface area contributed by atoms with E-state index in [1.807, 2.05) is 25.1 Å². The van der Waals surface area contributed by atoms with Crippen molar-refractivity contribution in [3.63, 3.8) is 0 Å². The topological polar surface area (TPSA) is 53.1 Å². The molecule has 1 unspecified atom stereocenters. The van der Waals surface area contributed by atoms with Crippen LogP contribution in [0, 0.1) is 11.8 Å². The molecule has 0 N–H and O–H groups in total. The highest BCUT2D eigenvalue weighted by atomic mass is 35.5. The molecule has 2 saturated heterocycles. The average Bonchev–Trinajstić information content (AvgIpc) is 3.01. The number of rotatable bonds is 10. The number of anilines is 1. The Morgan fingerprint density at radius 3 is 2.16 bits per heavy atom. The highest BCUT2D eigenvalue weighted by molar-refractivity contribution is 6.34. The molecule has 0 radical (unpaired) electrons. The van der Waals surface area contributed by atoms with Crippen molar-refractivity contribution in [1.82, 2.24) is 9.80 Å². The summed E-state index contributed by atoms with van der Waals surface area (Å²) in [5, 5.41) is 0.459. The molecule has 0 bridgehead atoms. The Balaban J connectivity index is 1.37. The Hall–Kier alpha value is -2.97. The van der Waals surface area contributed by atoms with E-state index < -0.39 is 23.0 Å². The number of likely N-dealkylation sites (tertiary alicyclic amines) is 1. The smallest absolute Gasteiger partial charge is 0.310 e. The van der Waals surface area contributed by atoms with E-state index in [0.717, 1.165) is 56.4 Å². The summed E-state index contributed by atoms with van der Waals surface area (Å²) >= 11 is 6.45. The van der Waals surface area contributed by atoms with Gasteiger partial charge in [0, 0.05) is 58.6 Å². The van der Waals surface area contributed by atoms with Crippen molar-refractivity contribution in [3.8, 4) is 0 Å². The Bertz CT molecular complexity index is 1350. The highest BCUT2D eigenvalue weighted by Gasteiger charge is 2.63. The highest BCUT2D eigenvalue weighted by Crippen LogP contribution is 2.47. The van der Waals surface area contributed by atoms with Gasteiger partial charge >= 0.3 is 5.92 Å². The zero-order valence-electron chi connectivity index (χ0n) is 26.7. The number of amides is 2. The van der Waals surface area contributed by atoms with Gasteiger partial charge < -0.3 is 19.4 Å². The van der Waals surface area contributed by atoms with E-state index in [1.54, 1.807) is 43.3 Å². The molecule has 9 heteroatoms. The monoisotopic (exact) mass is 629 g/mol.